The molecule has 0 aliphatic rings. The third kappa shape index (κ3) is 3.46. The van der Waals surface area contributed by atoms with Gasteiger partial charge in [-0.2, -0.15) is 0 Å². The Morgan fingerprint density at radius 3 is 2.00 bits per heavy atom. The summed E-state index contributed by atoms with van der Waals surface area (Å²) in [4.78, 5) is 5.09. The molecule has 2 rings (SSSR count). The van der Waals surface area contributed by atoms with Crippen molar-refractivity contribution >= 4 is 31.5 Å². The summed E-state index contributed by atoms with van der Waals surface area (Å²) in [6.45, 7) is 0. The smallest absolute Gasteiger partial charge is 0.218 e. The highest BCUT2D eigenvalue weighted by atomic mass is 35.7. The third-order valence-corrected chi connectivity index (χ3v) is 4.41. The Balaban J connectivity index is 2.20. The molecule has 1 aromatic heterocycles. The first kappa shape index (κ1) is 12.4. The predicted molar refractivity (Wildman–Crippen MR) is 66.6 cm³/mol. The molecule has 0 spiro atoms. The van der Waals surface area contributed by atoms with E-state index in [0.717, 1.165) is 9.79 Å². The first-order valence-electron chi connectivity index (χ1n) is 4.74. The van der Waals surface area contributed by atoms with Crippen molar-refractivity contribution in [3.05, 3.63) is 48.8 Å². The Morgan fingerprint density at radius 1 is 0.941 bits per heavy atom. The van der Waals surface area contributed by atoms with E-state index in [1.54, 1.807) is 23.9 Å². The van der Waals surface area contributed by atoms with Crippen LogP contribution in [0.4, 0.5) is 0 Å². The zero-order valence-electron chi connectivity index (χ0n) is 8.63. The number of aromatic nitrogens is 1. The summed E-state index contributed by atoms with van der Waals surface area (Å²) in [5.41, 5.74) is 0. The number of halogens is 1. The van der Waals surface area contributed by atoms with E-state index >= 15 is 0 Å². The van der Waals surface area contributed by atoms with Crippen LogP contribution in [0.5, 0.6) is 0 Å². The minimum Gasteiger partial charge on any atom is -0.218 e. The van der Waals surface area contributed by atoms with Crippen molar-refractivity contribution in [1.29, 1.82) is 0 Å². The number of hydrogen-bond donors (Lipinski definition) is 0. The molecule has 3 nitrogen and oxygen atoms in total. The molecule has 0 unspecified atom stereocenters. The van der Waals surface area contributed by atoms with Crippen LogP contribution in [-0.4, -0.2) is 8.42 Å². The summed E-state index contributed by atoms with van der Waals surface area (Å²) < 4.78 is 22.1. The van der Waals surface area contributed by atoms with E-state index in [1.165, 1.54) is 12.1 Å². The van der Waals surface area contributed by atoms with Crippen molar-refractivity contribution in [3.8, 4) is 0 Å². The van der Waals surface area contributed by atoms with Gasteiger partial charge in [0.1, 0.15) is 0 Å². The highest BCUT2D eigenvalue weighted by Crippen LogP contribution is 2.28. The molecule has 1 heterocycles. The lowest BCUT2D eigenvalue weighted by molar-refractivity contribution is -0.378. The maximum absolute atomic E-state index is 11.1. The van der Waals surface area contributed by atoms with Crippen LogP contribution in [-0.2, 0) is 9.05 Å². The average molecular weight is 287 g/mol. The van der Waals surface area contributed by atoms with Crippen LogP contribution in [0, 0.1) is 0 Å². The van der Waals surface area contributed by atoms with Crippen molar-refractivity contribution < 1.29 is 13.4 Å². The number of H-pyrrole nitrogens is 1. The molecule has 0 bridgehead atoms. The average Bonchev–Trinajstić information content (AvgIpc) is 2.30. The fraction of sp³-hybridized carbons (Fsp3) is 0. The summed E-state index contributed by atoms with van der Waals surface area (Å²) in [7, 11) is 1.60. The Labute approximate surface area is 108 Å². The van der Waals surface area contributed by atoms with Crippen molar-refractivity contribution in [3.63, 3.8) is 0 Å². The van der Waals surface area contributed by atoms with E-state index in [2.05, 4.69) is 4.98 Å². The zero-order valence-corrected chi connectivity index (χ0v) is 11.0. The monoisotopic (exact) mass is 286 g/mol. The predicted octanol–water partition coefficient (Wildman–Crippen LogP) is 2.58. The lowest BCUT2D eigenvalue weighted by Gasteiger charge is -2.01. The van der Waals surface area contributed by atoms with E-state index in [4.69, 9.17) is 10.7 Å². The lowest BCUT2D eigenvalue weighted by Crippen LogP contribution is -1.96. The van der Waals surface area contributed by atoms with Gasteiger partial charge in [0.05, 0.1) is 4.90 Å². The number of aromatic amines is 1. The summed E-state index contributed by atoms with van der Waals surface area (Å²) in [6.07, 6.45) is 3.67. The molecule has 88 valence electrons. The Kier molecular flexibility index (Phi) is 3.71. The van der Waals surface area contributed by atoms with E-state index in [0.29, 0.717) is 0 Å². The Hall–Kier alpha value is -1.04. The van der Waals surface area contributed by atoms with Crippen LogP contribution in [0.3, 0.4) is 0 Å². The van der Waals surface area contributed by atoms with Gasteiger partial charge in [-0.1, -0.05) is 11.8 Å². The number of benzene rings is 1. The largest absolute Gasteiger partial charge is 0.261 e. The third-order valence-electron chi connectivity index (χ3n) is 2.03. The second-order valence-corrected chi connectivity index (χ2v) is 6.96. The quantitative estimate of drug-likeness (QED) is 0.815. The molecule has 0 aliphatic heterocycles. The minimum atomic E-state index is -3.63. The van der Waals surface area contributed by atoms with Crippen LogP contribution in [0.15, 0.2) is 63.5 Å². The van der Waals surface area contributed by atoms with Crippen molar-refractivity contribution in [2.75, 3.05) is 0 Å². The number of hydrogen-bond acceptors (Lipinski definition) is 3. The van der Waals surface area contributed by atoms with Crippen LogP contribution >= 0.6 is 22.4 Å². The van der Waals surface area contributed by atoms with Gasteiger partial charge >= 0.3 is 0 Å². The standard InChI is InChI=1S/C11H8ClNO2S2/c12-17(14,15)11-3-1-9(2-4-11)16-10-5-7-13-8-6-10/h1-8H/p+1. The molecule has 1 N–H and O–H groups in total. The van der Waals surface area contributed by atoms with E-state index in [9.17, 15) is 8.42 Å². The van der Waals surface area contributed by atoms with Crippen molar-refractivity contribution in [2.24, 2.45) is 0 Å². The minimum absolute atomic E-state index is 0.116. The van der Waals surface area contributed by atoms with Crippen LogP contribution in [0.1, 0.15) is 0 Å². The molecule has 0 saturated carbocycles. The Morgan fingerprint density at radius 2 is 1.47 bits per heavy atom. The van der Waals surface area contributed by atoms with Gasteiger partial charge < -0.3 is 0 Å². The van der Waals surface area contributed by atoms with Gasteiger partial charge in [-0.05, 0) is 24.3 Å². The van der Waals surface area contributed by atoms with Crippen LogP contribution < -0.4 is 4.98 Å². The topological polar surface area (TPSA) is 48.3 Å². The highest BCUT2D eigenvalue weighted by Gasteiger charge is 2.09. The summed E-state index contributed by atoms with van der Waals surface area (Å²) in [6, 6.07) is 10.3. The molecular weight excluding hydrogens is 278 g/mol. The lowest BCUT2D eigenvalue weighted by atomic mass is 10.4. The number of nitrogens with one attached hydrogen (secondary N) is 1. The molecule has 1 aromatic carbocycles. The highest BCUT2D eigenvalue weighted by molar-refractivity contribution is 8.13. The summed E-state index contributed by atoms with van der Waals surface area (Å²) >= 11 is 1.55. The second-order valence-electron chi connectivity index (χ2n) is 3.25. The molecule has 2 aromatic rings. The van der Waals surface area contributed by atoms with Crippen LogP contribution in [0.2, 0.25) is 0 Å². The van der Waals surface area contributed by atoms with E-state index in [-0.39, 0.29) is 4.90 Å². The van der Waals surface area contributed by atoms with E-state index in [1.807, 2.05) is 24.5 Å². The van der Waals surface area contributed by atoms with Gasteiger partial charge in [-0.3, -0.25) is 0 Å². The zero-order chi connectivity index (χ0) is 12.3. The summed E-state index contributed by atoms with van der Waals surface area (Å²) in [5.74, 6) is 0. The first-order valence-corrected chi connectivity index (χ1v) is 7.87. The van der Waals surface area contributed by atoms with Gasteiger partial charge in [0.25, 0.3) is 9.05 Å². The molecule has 6 heteroatoms. The molecule has 17 heavy (non-hydrogen) atoms. The fourth-order valence-corrected chi connectivity index (χ4v) is 2.83. The van der Waals surface area contributed by atoms with E-state index < -0.39 is 9.05 Å². The second kappa shape index (κ2) is 5.08. The molecule has 0 fully saturated rings. The molecular formula is C11H9ClNO2S2+. The molecule has 0 aliphatic carbocycles. The maximum atomic E-state index is 11.1. The summed E-state index contributed by atoms with van der Waals surface area (Å²) in [5, 5.41) is 0. The van der Waals surface area contributed by atoms with Crippen molar-refractivity contribution in [2.45, 2.75) is 14.7 Å². The molecule has 0 atom stereocenters. The fourth-order valence-electron chi connectivity index (χ4n) is 1.25. The first-order chi connectivity index (χ1) is 8.05. The van der Waals surface area contributed by atoms with Gasteiger partial charge in [0, 0.05) is 32.6 Å². The normalized spacial score (nSPS) is 11.4. The maximum Gasteiger partial charge on any atom is 0.261 e. The van der Waals surface area contributed by atoms with Crippen molar-refractivity contribution in [1.82, 2.24) is 0 Å². The Bertz CT molecular complexity index is 597. The van der Waals surface area contributed by atoms with Gasteiger partial charge in [-0.25, -0.2) is 13.4 Å². The SMILES string of the molecule is O=S(=O)(Cl)c1ccc(Sc2cc[nH+]cc2)cc1. The van der Waals surface area contributed by atoms with Gasteiger partial charge in [0.2, 0.25) is 0 Å². The number of pyridine rings is 1. The van der Waals surface area contributed by atoms with Gasteiger partial charge in [0.15, 0.2) is 12.4 Å². The molecule has 0 saturated heterocycles. The molecule has 0 amide bonds. The van der Waals surface area contributed by atoms with Gasteiger partial charge in [-0.15, -0.1) is 0 Å². The number of rotatable bonds is 3. The molecule has 0 radical (unpaired) electrons. The van der Waals surface area contributed by atoms with Crippen LogP contribution in [0.25, 0.3) is 0 Å².